The Morgan fingerprint density at radius 2 is 2.20 bits per heavy atom. The summed E-state index contributed by atoms with van der Waals surface area (Å²) in [5.74, 6) is -0.328. The van der Waals surface area contributed by atoms with E-state index in [0.29, 0.717) is 11.1 Å². The quantitative estimate of drug-likeness (QED) is 0.818. The SMILES string of the molecule is Nc1oncc1-c1cc(F)c(Br)c(Cl)c1. The maximum absolute atomic E-state index is 13.3. The average Bonchev–Trinajstić information content (AvgIpc) is 2.60. The number of hydrogen-bond donors (Lipinski definition) is 1. The summed E-state index contributed by atoms with van der Waals surface area (Å²) in [5.41, 5.74) is 6.55. The predicted octanol–water partition coefficient (Wildman–Crippen LogP) is 3.48. The van der Waals surface area contributed by atoms with Gasteiger partial charge in [0, 0.05) is 0 Å². The molecule has 0 spiro atoms. The lowest BCUT2D eigenvalue weighted by Gasteiger charge is -2.02. The Hall–Kier alpha value is -1.07. The van der Waals surface area contributed by atoms with Crippen molar-refractivity contribution >= 4 is 33.4 Å². The van der Waals surface area contributed by atoms with E-state index >= 15 is 0 Å². The number of nitrogens with zero attached hydrogens (tertiary/aromatic N) is 1. The lowest BCUT2D eigenvalue weighted by Crippen LogP contribution is -1.87. The molecule has 0 bridgehead atoms. The smallest absolute Gasteiger partial charge is 0.229 e. The van der Waals surface area contributed by atoms with Crippen LogP contribution in [0.1, 0.15) is 0 Å². The molecule has 0 unspecified atom stereocenters. The van der Waals surface area contributed by atoms with Crippen LogP contribution in [-0.4, -0.2) is 5.16 Å². The maximum Gasteiger partial charge on any atom is 0.229 e. The molecule has 2 aromatic rings. The van der Waals surface area contributed by atoms with E-state index in [1.807, 2.05) is 0 Å². The average molecular weight is 292 g/mol. The summed E-state index contributed by atoms with van der Waals surface area (Å²) in [7, 11) is 0. The van der Waals surface area contributed by atoms with E-state index in [9.17, 15) is 4.39 Å². The van der Waals surface area contributed by atoms with Gasteiger partial charge < -0.3 is 10.3 Å². The van der Waals surface area contributed by atoms with Crippen LogP contribution in [0.2, 0.25) is 5.02 Å². The van der Waals surface area contributed by atoms with Gasteiger partial charge in [0.25, 0.3) is 0 Å². The summed E-state index contributed by atoms with van der Waals surface area (Å²) in [6, 6.07) is 2.89. The fraction of sp³-hybridized carbons (Fsp3) is 0. The minimum Gasteiger partial charge on any atom is -0.367 e. The molecule has 0 aliphatic heterocycles. The second-order valence-electron chi connectivity index (χ2n) is 2.86. The minimum absolute atomic E-state index is 0.132. The number of anilines is 1. The van der Waals surface area contributed by atoms with Gasteiger partial charge in [-0.1, -0.05) is 16.8 Å². The molecule has 1 aromatic heterocycles. The third-order valence-corrected chi connectivity index (χ3v) is 3.23. The van der Waals surface area contributed by atoms with Gasteiger partial charge in [0.05, 0.1) is 21.3 Å². The number of aromatic nitrogens is 1. The van der Waals surface area contributed by atoms with Crippen molar-refractivity contribution < 1.29 is 8.91 Å². The van der Waals surface area contributed by atoms with Gasteiger partial charge in [-0.05, 0) is 33.6 Å². The molecule has 0 radical (unpaired) electrons. The summed E-state index contributed by atoms with van der Waals surface area (Å²) < 4.78 is 18.2. The Bertz CT molecular complexity index is 492. The molecule has 1 aromatic carbocycles. The second kappa shape index (κ2) is 3.83. The van der Waals surface area contributed by atoms with Crippen molar-refractivity contribution in [2.75, 3.05) is 5.73 Å². The van der Waals surface area contributed by atoms with Crippen molar-refractivity contribution in [1.82, 2.24) is 5.16 Å². The fourth-order valence-electron chi connectivity index (χ4n) is 1.18. The Labute approximate surface area is 98.1 Å². The first-order chi connectivity index (χ1) is 7.09. The summed E-state index contributed by atoms with van der Waals surface area (Å²) >= 11 is 8.83. The molecule has 78 valence electrons. The number of nitrogen functional groups attached to an aromatic ring is 1. The normalized spacial score (nSPS) is 10.6. The molecule has 0 aliphatic rings. The van der Waals surface area contributed by atoms with Gasteiger partial charge in [-0.15, -0.1) is 0 Å². The molecule has 0 saturated heterocycles. The monoisotopic (exact) mass is 290 g/mol. The van der Waals surface area contributed by atoms with Crippen LogP contribution in [0.15, 0.2) is 27.3 Å². The molecule has 6 heteroatoms. The highest BCUT2D eigenvalue weighted by atomic mass is 79.9. The topological polar surface area (TPSA) is 52.0 Å². The zero-order valence-electron chi connectivity index (χ0n) is 7.30. The molecule has 15 heavy (non-hydrogen) atoms. The zero-order valence-corrected chi connectivity index (χ0v) is 9.64. The van der Waals surface area contributed by atoms with Crippen molar-refractivity contribution in [2.24, 2.45) is 0 Å². The number of rotatable bonds is 1. The molecule has 0 fully saturated rings. The zero-order chi connectivity index (χ0) is 11.0. The third kappa shape index (κ3) is 1.85. The summed E-state index contributed by atoms with van der Waals surface area (Å²) in [6.07, 6.45) is 1.41. The Kier molecular flexibility index (Phi) is 2.67. The van der Waals surface area contributed by atoms with E-state index in [1.54, 1.807) is 6.07 Å². The first kappa shape index (κ1) is 10.4. The Morgan fingerprint density at radius 3 is 2.73 bits per heavy atom. The maximum atomic E-state index is 13.3. The Morgan fingerprint density at radius 1 is 1.47 bits per heavy atom. The van der Waals surface area contributed by atoms with Crippen molar-refractivity contribution in [1.29, 1.82) is 0 Å². The van der Waals surface area contributed by atoms with E-state index in [2.05, 4.69) is 25.6 Å². The van der Waals surface area contributed by atoms with E-state index in [0.717, 1.165) is 0 Å². The van der Waals surface area contributed by atoms with Crippen molar-refractivity contribution in [3.05, 3.63) is 33.6 Å². The molecule has 0 atom stereocenters. The number of halogens is 3. The molecular weight excluding hydrogens is 286 g/mol. The van der Waals surface area contributed by atoms with E-state index in [1.165, 1.54) is 12.3 Å². The Balaban J connectivity index is 2.60. The largest absolute Gasteiger partial charge is 0.367 e. The van der Waals surface area contributed by atoms with Gasteiger partial charge in [0.15, 0.2) is 0 Å². The van der Waals surface area contributed by atoms with Gasteiger partial charge in [-0.3, -0.25) is 0 Å². The van der Waals surface area contributed by atoms with E-state index in [4.69, 9.17) is 17.3 Å². The molecule has 3 nitrogen and oxygen atoms in total. The lowest BCUT2D eigenvalue weighted by atomic mass is 10.1. The lowest BCUT2D eigenvalue weighted by molar-refractivity contribution is 0.436. The van der Waals surface area contributed by atoms with Crippen molar-refractivity contribution in [3.63, 3.8) is 0 Å². The van der Waals surface area contributed by atoms with Gasteiger partial charge in [-0.2, -0.15) is 0 Å². The molecular formula is C9H5BrClFN2O. The first-order valence-electron chi connectivity index (χ1n) is 3.94. The van der Waals surface area contributed by atoms with Crippen LogP contribution in [0, 0.1) is 5.82 Å². The highest BCUT2D eigenvalue weighted by Gasteiger charge is 2.12. The van der Waals surface area contributed by atoms with Crippen LogP contribution < -0.4 is 5.73 Å². The standard InChI is InChI=1S/C9H5BrClFN2O/c10-8-6(11)1-4(2-7(8)12)5-3-14-15-9(5)13/h1-3H,13H2. The van der Waals surface area contributed by atoms with E-state index in [-0.39, 0.29) is 15.4 Å². The van der Waals surface area contributed by atoms with Crippen LogP contribution >= 0.6 is 27.5 Å². The van der Waals surface area contributed by atoms with Gasteiger partial charge in [0.2, 0.25) is 5.88 Å². The molecule has 2 rings (SSSR count). The molecule has 0 aliphatic carbocycles. The van der Waals surface area contributed by atoms with Crippen molar-refractivity contribution in [2.45, 2.75) is 0 Å². The summed E-state index contributed by atoms with van der Waals surface area (Å²) in [4.78, 5) is 0. The number of nitrogens with two attached hydrogens (primary N) is 1. The molecule has 0 amide bonds. The molecule has 2 N–H and O–H groups in total. The highest BCUT2D eigenvalue weighted by molar-refractivity contribution is 9.10. The van der Waals surface area contributed by atoms with E-state index < -0.39 is 5.82 Å². The van der Waals surface area contributed by atoms with Crippen LogP contribution in [0.4, 0.5) is 10.3 Å². The summed E-state index contributed by atoms with van der Waals surface area (Å²) in [5, 5.41) is 3.77. The summed E-state index contributed by atoms with van der Waals surface area (Å²) in [6.45, 7) is 0. The second-order valence-corrected chi connectivity index (χ2v) is 4.06. The number of hydrogen-bond acceptors (Lipinski definition) is 3. The van der Waals surface area contributed by atoms with Crippen molar-refractivity contribution in [3.8, 4) is 11.1 Å². The van der Waals surface area contributed by atoms with Gasteiger partial charge >= 0.3 is 0 Å². The van der Waals surface area contributed by atoms with Crippen LogP contribution in [0.25, 0.3) is 11.1 Å². The minimum atomic E-state index is -0.460. The van der Waals surface area contributed by atoms with Gasteiger partial charge in [-0.25, -0.2) is 4.39 Å². The predicted molar refractivity (Wildman–Crippen MR) is 59.0 cm³/mol. The highest BCUT2D eigenvalue weighted by Crippen LogP contribution is 2.33. The fourth-order valence-corrected chi connectivity index (χ4v) is 1.61. The third-order valence-electron chi connectivity index (χ3n) is 1.89. The first-order valence-corrected chi connectivity index (χ1v) is 5.11. The van der Waals surface area contributed by atoms with Crippen LogP contribution in [0.3, 0.4) is 0 Å². The molecule has 1 heterocycles. The van der Waals surface area contributed by atoms with Crippen LogP contribution in [-0.2, 0) is 0 Å². The number of benzene rings is 1. The van der Waals surface area contributed by atoms with Gasteiger partial charge in [0.1, 0.15) is 5.82 Å². The van der Waals surface area contributed by atoms with Crippen LogP contribution in [0.5, 0.6) is 0 Å². The molecule has 0 saturated carbocycles.